The second kappa shape index (κ2) is 7.15. The van der Waals surface area contributed by atoms with Crippen LogP contribution >= 0.6 is 0 Å². The maximum absolute atomic E-state index is 4.10. The number of pyridine rings is 1. The molecule has 2 aliphatic rings. The molecule has 2 aromatic rings. The minimum atomic E-state index is 0.267. The van der Waals surface area contributed by atoms with Gasteiger partial charge in [0.2, 0.25) is 5.69 Å². The second-order valence-electron chi connectivity index (χ2n) is 6.76. The zero-order valence-electron chi connectivity index (χ0n) is 17.1. The number of rotatable bonds is 2. The van der Waals surface area contributed by atoms with Crippen molar-refractivity contribution >= 4 is 16.3 Å². The summed E-state index contributed by atoms with van der Waals surface area (Å²) in [4.78, 5) is 0. The van der Waals surface area contributed by atoms with Gasteiger partial charge in [0.15, 0.2) is 11.7 Å². The van der Waals surface area contributed by atoms with Gasteiger partial charge in [0, 0.05) is 24.5 Å². The van der Waals surface area contributed by atoms with Crippen molar-refractivity contribution in [2.75, 3.05) is 0 Å². The minimum absolute atomic E-state index is 0.267. The van der Waals surface area contributed by atoms with Crippen molar-refractivity contribution < 1.29 is 4.57 Å². The van der Waals surface area contributed by atoms with Gasteiger partial charge in [-0.15, -0.1) is 0 Å². The van der Waals surface area contributed by atoms with Crippen LogP contribution in [-0.4, -0.2) is 0 Å². The minimum Gasteiger partial charge on any atom is -0.191 e. The van der Waals surface area contributed by atoms with Crippen LogP contribution in [0.2, 0.25) is 0 Å². The van der Waals surface area contributed by atoms with Gasteiger partial charge in [-0.25, -0.2) is 0 Å². The molecule has 1 aliphatic heterocycles. The lowest BCUT2D eigenvalue weighted by Crippen LogP contribution is -2.54. The van der Waals surface area contributed by atoms with Gasteiger partial charge in [-0.05, 0) is 30.9 Å². The molecule has 1 aromatic carbocycles. The summed E-state index contributed by atoms with van der Waals surface area (Å²) in [6.07, 6.45) is 6.77. The van der Waals surface area contributed by atoms with Crippen LogP contribution in [0.25, 0.3) is 16.3 Å². The fourth-order valence-electron chi connectivity index (χ4n) is 4.63. The van der Waals surface area contributed by atoms with E-state index in [1.807, 2.05) is 27.7 Å². The summed E-state index contributed by atoms with van der Waals surface area (Å²) in [5, 5.41) is 2.66. The van der Waals surface area contributed by atoms with E-state index >= 15 is 0 Å². The SMILES string of the molecule is C=CC1=C(C)C2(C)CC2(CC)[n+]2ccc3ccccc3c21.CC.CC. The first-order valence-electron chi connectivity index (χ1n) is 9.87. The highest BCUT2D eigenvalue weighted by molar-refractivity contribution is 5.94. The molecule has 4 rings (SSSR count). The Bertz CT molecular complexity index is 814. The van der Waals surface area contributed by atoms with E-state index in [1.165, 1.54) is 40.5 Å². The normalized spacial score (nSPS) is 25.7. The molecular formula is C24H34N+. The van der Waals surface area contributed by atoms with Crippen molar-refractivity contribution in [3.8, 4) is 0 Å². The summed E-state index contributed by atoms with van der Waals surface area (Å²) in [5.41, 5.74) is 4.76. The number of nitrogens with zero attached hydrogens (tertiary/aromatic N) is 1. The molecule has 0 amide bonds. The predicted octanol–water partition coefficient (Wildman–Crippen LogP) is 6.67. The van der Waals surface area contributed by atoms with Gasteiger partial charge >= 0.3 is 0 Å². The summed E-state index contributed by atoms with van der Waals surface area (Å²) in [7, 11) is 0. The topological polar surface area (TPSA) is 3.88 Å². The summed E-state index contributed by atoms with van der Waals surface area (Å²) in [5.74, 6) is 0. The summed E-state index contributed by atoms with van der Waals surface area (Å²) in [6.45, 7) is 19.1. The smallest absolute Gasteiger partial charge is 0.191 e. The Morgan fingerprint density at radius 2 is 1.76 bits per heavy atom. The number of benzene rings is 1. The number of aromatic nitrogens is 1. The molecule has 0 saturated heterocycles. The van der Waals surface area contributed by atoms with Crippen LogP contribution in [-0.2, 0) is 5.54 Å². The summed E-state index contributed by atoms with van der Waals surface area (Å²) in [6, 6.07) is 11.0. The fourth-order valence-corrected chi connectivity index (χ4v) is 4.63. The van der Waals surface area contributed by atoms with Gasteiger partial charge in [0.1, 0.15) is 0 Å². The average Bonchev–Trinajstić information content (AvgIpc) is 3.33. The van der Waals surface area contributed by atoms with Gasteiger partial charge in [0.05, 0.1) is 10.8 Å². The van der Waals surface area contributed by atoms with Crippen molar-refractivity contribution in [2.24, 2.45) is 5.41 Å². The van der Waals surface area contributed by atoms with Crippen molar-refractivity contribution in [1.29, 1.82) is 0 Å². The summed E-state index contributed by atoms with van der Waals surface area (Å²) >= 11 is 0. The van der Waals surface area contributed by atoms with E-state index in [0.717, 1.165) is 0 Å². The number of fused-ring (bicyclic) bond motifs is 5. The second-order valence-corrected chi connectivity index (χ2v) is 6.76. The maximum Gasteiger partial charge on any atom is 0.220 e. The Kier molecular flexibility index (Phi) is 5.56. The van der Waals surface area contributed by atoms with Crippen LogP contribution in [0.1, 0.15) is 67.0 Å². The Labute approximate surface area is 154 Å². The van der Waals surface area contributed by atoms with Gasteiger partial charge in [-0.1, -0.05) is 65.5 Å². The molecule has 0 spiro atoms. The van der Waals surface area contributed by atoms with Crippen LogP contribution in [0.4, 0.5) is 0 Å². The van der Waals surface area contributed by atoms with Crippen LogP contribution in [0.5, 0.6) is 0 Å². The van der Waals surface area contributed by atoms with Crippen molar-refractivity contribution in [3.63, 3.8) is 0 Å². The standard InChI is InChI=1S/C20H22N.2C2H6/c1-5-16-14(3)19(4)13-20(19,6-2)21-12-11-15-9-7-8-10-17(15)18(16)21;2*1-2/h5,7-12H,1,6,13H2,2-4H3;2*1-2H3/q+1;;. The Balaban J connectivity index is 0.000000528. The number of allylic oxidation sites excluding steroid dienone is 3. The first kappa shape index (κ1) is 19.4. The predicted molar refractivity (Wildman–Crippen MR) is 111 cm³/mol. The van der Waals surface area contributed by atoms with Crippen LogP contribution in [0, 0.1) is 5.41 Å². The highest BCUT2D eigenvalue weighted by atomic mass is 15.1. The zero-order chi connectivity index (χ0) is 18.8. The van der Waals surface area contributed by atoms with E-state index in [9.17, 15) is 0 Å². The van der Waals surface area contributed by atoms with Crippen molar-refractivity contribution in [3.05, 3.63) is 60.5 Å². The molecule has 2 atom stereocenters. The quantitative estimate of drug-likeness (QED) is 0.539. The van der Waals surface area contributed by atoms with Crippen LogP contribution in [0.15, 0.2) is 54.8 Å². The molecule has 0 radical (unpaired) electrons. The van der Waals surface area contributed by atoms with E-state index in [-0.39, 0.29) is 5.54 Å². The largest absolute Gasteiger partial charge is 0.220 e. The Hall–Kier alpha value is -1.89. The molecule has 1 aromatic heterocycles. The van der Waals surface area contributed by atoms with Gasteiger partial charge in [-0.2, -0.15) is 4.57 Å². The van der Waals surface area contributed by atoms with E-state index in [2.05, 4.69) is 74.5 Å². The average molecular weight is 337 g/mol. The van der Waals surface area contributed by atoms with E-state index in [4.69, 9.17) is 0 Å². The number of hydrogen-bond donors (Lipinski definition) is 0. The lowest BCUT2D eigenvalue weighted by Gasteiger charge is -2.27. The van der Waals surface area contributed by atoms with Crippen LogP contribution < -0.4 is 4.57 Å². The van der Waals surface area contributed by atoms with Gasteiger partial charge in [-0.3, -0.25) is 0 Å². The van der Waals surface area contributed by atoms with Gasteiger partial charge in [0.25, 0.3) is 0 Å². The first-order valence-corrected chi connectivity index (χ1v) is 9.87. The molecule has 134 valence electrons. The third-order valence-electron chi connectivity index (χ3n) is 6.15. The molecule has 25 heavy (non-hydrogen) atoms. The molecule has 1 nitrogen and oxygen atoms in total. The lowest BCUT2D eigenvalue weighted by atomic mass is 9.82. The third-order valence-corrected chi connectivity index (χ3v) is 6.15. The van der Waals surface area contributed by atoms with Crippen molar-refractivity contribution in [2.45, 2.75) is 66.8 Å². The molecule has 0 bridgehead atoms. The molecule has 1 aliphatic carbocycles. The highest BCUT2D eigenvalue weighted by Crippen LogP contribution is 2.67. The highest BCUT2D eigenvalue weighted by Gasteiger charge is 2.74. The number of hydrogen-bond acceptors (Lipinski definition) is 0. The Morgan fingerprint density at radius 1 is 1.12 bits per heavy atom. The molecular weight excluding hydrogens is 302 g/mol. The fraction of sp³-hybridized carbons (Fsp3) is 0.458. The molecule has 2 heterocycles. The van der Waals surface area contributed by atoms with E-state index < -0.39 is 0 Å². The monoisotopic (exact) mass is 336 g/mol. The van der Waals surface area contributed by atoms with E-state index in [1.54, 1.807) is 0 Å². The van der Waals surface area contributed by atoms with E-state index in [0.29, 0.717) is 5.41 Å². The van der Waals surface area contributed by atoms with Gasteiger partial charge < -0.3 is 0 Å². The molecule has 0 N–H and O–H groups in total. The van der Waals surface area contributed by atoms with Crippen molar-refractivity contribution in [1.82, 2.24) is 0 Å². The maximum atomic E-state index is 4.10. The first-order chi connectivity index (χ1) is 12.1. The zero-order valence-corrected chi connectivity index (χ0v) is 17.1. The molecule has 1 fully saturated rings. The molecule has 2 unspecified atom stereocenters. The Morgan fingerprint density at radius 3 is 2.36 bits per heavy atom. The lowest BCUT2D eigenvalue weighted by molar-refractivity contribution is -0.747. The molecule has 1 heteroatoms. The third kappa shape index (κ3) is 2.47. The molecule has 1 saturated carbocycles. The summed E-state index contributed by atoms with van der Waals surface area (Å²) < 4.78 is 2.54. The van der Waals surface area contributed by atoms with Crippen LogP contribution in [0.3, 0.4) is 0 Å².